The Morgan fingerprint density at radius 2 is 1.64 bits per heavy atom. The molecule has 0 bridgehead atoms. The third kappa shape index (κ3) is 2.94. The molecule has 84 valence electrons. The molecule has 0 amide bonds. The zero-order valence-corrected chi connectivity index (χ0v) is 9.87. The highest BCUT2D eigenvalue weighted by molar-refractivity contribution is 4.86. The van der Waals surface area contributed by atoms with Crippen molar-refractivity contribution < 1.29 is 0 Å². The molecular formula is C11H25N3. The topological polar surface area (TPSA) is 32.5 Å². The first-order valence-electron chi connectivity index (χ1n) is 5.73. The second kappa shape index (κ2) is 5.69. The molecule has 0 spiro atoms. The van der Waals surface area contributed by atoms with Crippen LogP contribution < -0.4 is 5.73 Å². The van der Waals surface area contributed by atoms with Crippen LogP contribution in [0.25, 0.3) is 0 Å². The molecule has 2 N–H and O–H groups in total. The number of hydrogen-bond donors (Lipinski definition) is 1. The van der Waals surface area contributed by atoms with E-state index < -0.39 is 0 Å². The number of nitrogens with zero attached hydrogens (tertiary/aromatic N) is 2. The molecule has 1 rings (SSSR count). The van der Waals surface area contributed by atoms with Gasteiger partial charge in [-0.1, -0.05) is 12.8 Å². The van der Waals surface area contributed by atoms with Crippen LogP contribution in [0.15, 0.2) is 0 Å². The standard InChI is InChI=1S/C11H25N3/c1-13(2)10-6-4-5-7-11(10)14(3)9-8-12/h10-11H,4-9,12H2,1-3H3/t10-,11+/m0/s1. The third-order valence-corrected chi connectivity index (χ3v) is 3.41. The summed E-state index contributed by atoms with van der Waals surface area (Å²) in [4.78, 5) is 4.81. The predicted octanol–water partition coefficient (Wildman–Crippen LogP) is 0.750. The van der Waals surface area contributed by atoms with Gasteiger partial charge in [0, 0.05) is 25.2 Å². The second-order valence-electron chi connectivity index (χ2n) is 4.65. The second-order valence-corrected chi connectivity index (χ2v) is 4.65. The van der Waals surface area contributed by atoms with Crippen molar-refractivity contribution in [1.29, 1.82) is 0 Å². The van der Waals surface area contributed by atoms with Crippen LogP contribution in [0.4, 0.5) is 0 Å². The molecule has 1 saturated carbocycles. The molecule has 1 aliphatic rings. The Labute approximate surface area is 88.2 Å². The number of likely N-dealkylation sites (N-methyl/N-ethyl adjacent to an activating group) is 2. The van der Waals surface area contributed by atoms with Crippen LogP contribution in [-0.4, -0.2) is 56.1 Å². The smallest absolute Gasteiger partial charge is 0.0248 e. The van der Waals surface area contributed by atoms with Crippen molar-refractivity contribution in [2.45, 2.75) is 37.8 Å². The van der Waals surface area contributed by atoms with E-state index in [4.69, 9.17) is 5.73 Å². The Balaban J connectivity index is 2.53. The molecule has 3 nitrogen and oxygen atoms in total. The molecular weight excluding hydrogens is 174 g/mol. The quantitative estimate of drug-likeness (QED) is 0.725. The molecule has 0 radical (unpaired) electrons. The lowest BCUT2D eigenvalue weighted by molar-refractivity contribution is 0.0945. The Bertz CT molecular complexity index is 159. The van der Waals surface area contributed by atoms with Gasteiger partial charge < -0.3 is 15.5 Å². The van der Waals surface area contributed by atoms with E-state index in [1.54, 1.807) is 0 Å². The van der Waals surface area contributed by atoms with Crippen LogP contribution in [0, 0.1) is 0 Å². The van der Waals surface area contributed by atoms with Gasteiger partial charge in [-0.2, -0.15) is 0 Å². The van der Waals surface area contributed by atoms with Gasteiger partial charge in [0.2, 0.25) is 0 Å². The van der Waals surface area contributed by atoms with E-state index in [0.29, 0.717) is 6.04 Å². The van der Waals surface area contributed by atoms with Crippen molar-refractivity contribution in [3.63, 3.8) is 0 Å². The van der Waals surface area contributed by atoms with Crippen molar-refractivity contribution in [1.82, 2.24) is 9.80 Å². The van der Waals surface area contributed by atoms with Gasteiger partial charge in [-0.15, -0.1) is 0 Å². The summed E-state index contributed by atoms with van der Waals surface area (Å²) in [6.45, 7) is 1.79. The van der Waals surface area contributed by atoms with Crippen LogP contribution in [-0.2, 0) is 0 Å². The Kier molecular flexibility index (Phi) is 4.85. The fourth-order valence-corrected chi connectivity index (χ4v) is 2.58. The third-order valence-electron chi connectivity index (χ3n) is 3.41. The minimum atomic E-state index is 0.710. The van der Waals surface area contributed by atoms with E-state index in [-0.39, 0.29) is 0 Å². The summed E-state index contributed by atoms with van der Waals surface area (Å²) < 4.78 is 0. The zero-order valence-electron chi connectivity index (χ0n) is 9.87. The first-order chi connectivity index (χ1) is 6.66. The fourth-order valence-electron chi connectivity index (χ4n) is 2.58. The van der Waals surface area contributed by atoms with Crippen molar-refractivity contribution in [3.05, 3.63) is 0 Å². The minimum Gasteiger partial charge on any atom is -0.329 e. The van der Waals surface area contributed by atoms with E-state index in [1.165, 1.54) is 25.7 Å². The summed E-state index contributed by atoms with van der Waals surface area (Å²) in [6.07, 6.45) is 5.44. The van der Waals surface area contributed by atoms with Crippen LogP contribution >= 0.6 is 0 Å². The summed E-state index contributed by atoms with van der Waals surface area (Å²) in [5, 5.41) is 0. The van der Waals surface area contributed by atoms with Crippen LogP contribution in [0.2, 0.25) is 0 Å². The lowest BCUT2D eigenvalue weighted by atomic mass is 9.88. The van der Waals surface area contributed by atoms with E-state index >= 15 is 0 Å². The molecule has 3 heteroatoms. The van der Waals surface area contributed by atoms with Crippen molar-refractivity contribution in [2.75, 3.05) is 34.2 Å². The van der Waals surface area contributed by atoms with Gasteiger partial charge >= 0.3 is 0 Å². The predicted molar refractivity (Wildman–Crippen MR) is 61.4 cm³/mol. The highest BCUT2D eigenvalue weighted by atomic mass is 15.2. The lowest BCUT2D eigenvalue weighted by Gasteiger charge is -2.41. The SMILES string of the molecule is CN(C)[C@H]1CCCC[C@H]1N(C)CCN. The van der Waals surface area contributed by atoms with Crippen LogP contribution in [0.5, 0.6) is 0 Å². The molecule has 0 aromatic rings. The maximum atomic E-state index is 5.60. The monoisotopic (exact) mass is 199 g/mol. The van der Waals surface area contributed by atoms with Gasteiger partial charge in [0.1, 0.15) is 0 Å². The maximum absolute atomic E-state index is 5.60. The van der Waals surface area contributed by atoms with Crippen LogP contribution in [0.3, 0.4) is 0 Å². The average Bonchev–Trinajstić information content (AvgIpc) is 2.18. The van der Waals surface area contributed by atoms with Gasteiger partial charge in [-0.05, 0) is 34.0 Å². The summed E-state index contributed by atoms with van der Waals surface area (Å²) in [6, 6.07) is 1.43. The van der Waals surface area contributed by atoms with Gasteiger partial charge in [0.25, 0.3) is 0 Å². The van der Waals surface area contributed by atoms with E-state index in [2.05, 4.69) is 30.9 Å². The van der Waals surface area contributed by atoms with Gasteiger partial charge in [-0.25, -0.2) is 0 Å². The molecule has 0 saturated heterocycles. The fraction of sp³-hybridized carbons (Fsp3) is 1.00. The van der Waals surface area contributed by atoms with Crippen molar-refractivity contribution >= 4 is 0 Å². The first kappa shape index (κ1) is 12.0. The summed E-state index contributed by atoms with van der Waals surface area (Å²) in [5.74, 6) is 0. The molecule has 0 aromatic carbocycles. The van der Waals surface area contributed by atoms with E-state index in [0.717, 1.165) is 19.1 Å². The summed E-state index contributed by atoms with van der Waals surface area (Å²) >= 11 is 0. The zero-order chi connectivity index (χ0) is 10.6. The largest absolute Gasteiger partial charge is 0.329 e. The summed E-state index contributed by atoms with van der Waals surface area (Å²) in [5.41, 5.74) is 5.60. The van der Waals surface area contributed by atoms with Crippen LogP contribution in [0.1, 0.15) is 25.7 Å². The molecule has 0 aromatic heterocycles. The molecule has 1 aliphatic carbocycles. The van der Waals surface area contributed by atoms with E-state index in [9.17, 15) is 0 Å². The molecule has 0 unspecified atom stereocenters. The Morgan fingerprint density at radius 1 is 1.07 bits per heavy atom. The highest BCUT2D eigenvalue weighted by Crippen LogP contribution is 2.24. The molecule has 0 heterocycles. The minimum absolute atomic E-state index is 0.710. The molecule has 0 aliphatic heterocycles. The molecule has 1 fully saturated rings. The van der Waals surface area contributed by atoms with Gasteiger partial charge in [0.15, 0.2) is 0 Å². The first-order valence-corrected chi connectivity index (χ1v) is 5.73. The number of hydrogen-bond acceptors (Lipinski definition) is 3. The summed E-state index contributed by atoms with van der Waals surface area (Å²) in [7, 11) is 6.60. The number of nitrogens with two attached hydrogens (primary N) is 1. The van der Waals surface area contributed by atoms with Gasteiger partial charge in [0.05, 0.1) is 0 Å². The van der Waals surface area contributed by atoms with Crippen molar-refractivity contribution in [2.24, 2.45) is 5.73 Å². The molecule has 2 atom stereocenters. The Morgan fingerprint density at radius 3 is 2.14 bits per heavy atom. The van der Waals surface area contributed by atoms with Gasteiger partial charge in [-0.3, -0.25) is 0 Å². The Hall–Kier alpha value is -0.120. The maximum Gasteiger partial charge on any atom is 0.0248 e. The number of rotatable bonds is 4. The lowest BCUT2D eigenvalue weighted by Crippen LogP contribution is -2.50. The molecule has 14 heavy (non-hydrogen) atoms. The normalized spacial score (nSPS) is 28.7. The highest BCUT2D eigenvalue weighted by Gasteiger charge is 2.28. The average molecular weight is 199 g/mol. The van der Waals surface area contributed by atoms with E-state index in [1.807, 2.05) is 0 Å². The van der Waals surface area contributed by atoms with Crippen molar-refractivity contribution in [3.8, 4) is 0 Å².